The molecule has 2 rings (SSSR count). The molecular weight excluding hydrogens is 214 g/mol. The molecule has 0 saturated heterocycles. The van der Waals surface area contributed by atoms with E-state index in [4.69, 9.17) is 5.73 Å². The lowest BCUT2D eigenvalue weighted by atomic mass is 10.2. The third-order valence-corrected chi connectivity index (χ3v) is 2.75. The van der Waals surface area contributed by atoms with Crippen LogP contribution in [0.2, 0.25) is 0 Å². The second kappa shape index (κ2) is 3.47. The van der Waals surface area contributed by atoms with Crippen molar-refractivity contribution < 1.29 is 9.53 Å². The van der Waals surface area contributed by atoms with Crippen LogP contribution < -0.4 is 5.73 Å². The Labute approximate surface area is 89.9 Å². The molecule has 0 atom stereocenters. The fourth-order valence-corrected chi connectivity index (χ4v) is 2.07. The van der Waals surface area contributed by atoms with Gasteiger partial charge in [0.2, 0.25) is 0 Å². The zero-order valence-electron chi connectivity index (χ0n) is 8.27. The van der Waals surface area contributed by atoms with Crippen LogP contribution in [0.3, 0.4) is 0 Å². The third-order valence-electron chi connectivity index (χ3n) is 1.97. The molecule has 15 heavy (non-hydrogen) atoms. The number of esters is 1. The number of hydrogen-bond donors (Lipinski definition) is 1. The average molecular weight is 223 g/mol. The molecule has 6 heteroatoms. The third kappa shape index (κ3) is 1.63. The van der Waals surface area contributed by atoms with Gasteiger partial charge in [-0.2, -0.15) is 0 Å². The van der Waals surface area contributed by atoms with Crippen molar-refractivity contribution in [1.82, 2.24) is 9.97 Å². The fourth-order valence-electron chi connectivity index (χ4n) is 1.29. The van der Waals surface area contributed by atoms with Crippen molar-refractivity contribution in [3.8, 4) is 0 Å². The highest BCUT2D eigenvalue weighted by Gasteiger charge is 2.12. The molecule has 0 aliphatic carbocycles. The quantitative estimate of drug-likeness (QED) is 0.739. The summed E-state index contributed by atoms with van der Waals surface area (Å²) >= 11 is 1.26. The van der Waals surface area contributed by atoms with Crippen LogP contribution in [0.5, 0.6) is 0 Å². The SMILES string of the molecule is COC(=O)c1cc(C)c2nc(N)sc2n1. The van der Waals surface area contributed by atoms with Crippen molar-refractivity contribution in [2.75, 3.05) is 12.8 Å². The number of hydrogen-bond acceptors (Lipinski definition) is 6. The number of carbonyl (C=O) groups is 1. The number of pyridine rings is 1. The minimum atomic E-state index is -0.452. The number of methoxy groups -OCH3 is 1. The van der Waals surface area contributed by atoms with Gasteiger partial charge in [-0.1, -0.05) is 11.3 Å². The largest absolute Gasteiger partial charge is 0.464 e. The van der Waals surface area contributed by atoms with E-state index in [-0.39, 0.29) is 5.69 Å². The van der Waals surface area contributed by atoms with E-state index in [2.05, 4.69) is 14.7 Å². The zero-order chi connectivity index (χ0) is 11.0. The van der Waals surface area contributed by atoms with Crippen LogP contribution in [0.4, 0.5) is 5.13 Å². The topological polar surface area (TPSA) is 78.1 Å². The van der Waals surface area contributed by atoms with Crippen molar-refractivity contribution in [2.24, 2.45) is 0 Å². The van der Waals surface area contributed by atoms with Gasteiger partial charge in [0.05, 0.1) is 7.11 Å². The van der Waals surface area contributed by atoms with Gasteiger partial charge in [0.15, 0.2) is 5.13 Å². The normalized spacial score (nSPS) is 10.5. The predicted octanol–water partition coefficient (Wildman–Crippen LogP) is 1.37. The van der Waals surface area contributed by atoms with Crippen molar-refractivity contribution in [2.45, 2.75) is 6.92 Å². The van der Waals surface area contributed by atoms with Gasteiger partial charge in [0.25, 0.3) is 0 Å². The Morgan fingerprint density at radius 3 is 2.93 bits per heavy atom. The van der Waals surface area contributed by atoms with Gasteiger partial charge in [-0.15, -0.1) is 0 Å². The number of nitrogens with zero attached hydrogens (tertiary/aromatic N) is 2. The van der Waals surface area contributed by atoms with Crippen LogP contribution >= 0.6 is 11.3 Å². The number of rotatable bonds is 1. The summed E-state index contributed by atoms with van der Waals surface area (Å²) in [5.74, 6) is -0.452. The maximum Gasteiger partial charge on any atom is 0.356 e. The van der Waals surface area contributed by atoms with Gasteiger partial charge in [0, 0.05) is 0 Å². The molecule has 2 N–H and O–H groups in total. The van der Waals surface area contributed by atoms with E-state index in [0.717, 1.165) is 11.1 Å². The Bertz CT molecular complexity index is 535. The fraction of sp³-hybridized carbons (Fsp3) is 0.222. The minimum Gasteiger partial charge on any atom is -0.464 e. The number of carbonyl (C=O) groups excluding carboxylic acids is 1. The van der Waals surface area contributed by atoms with E-state index >= 15 is 0 Å². The number of nitrogen functional groups attached to an aromatic ring is 1. The Kier molecular flexibility index (Phi) is 2.28. The maximum absolute atomic E-state index is 11.3. The molecule has 0 spiro atoms. The molecule has 2 aromatic heterocycles. The first kappa shape index (κ1) is 9.85. The summed E-state index contributed by atoms with van der Waals surface area (Å²) < 4.78 is 4.60. The zero-order valence-corrected chi connectivity index (χ0v) is 9.09. The summed E-state index contributed by atoms with van der Waals surface area (Å²) in [6.07, 6.45) is 0. The van der Waals surface area contributed by atoms with Crippen molar-refractivity contribution in [1.29, 1.82) is 0 Å². The van der Waals surface area contributed by atoms with Crippen LogP contribution in [-0.4, -0.2) is 23.0 Å². The summed E-state index contributed by atoms with van der Waals surface area (Å²) in [5, 5.41) is 0.447. The Balaban J connectivity index is 2.66. The number of fused-ring (bicyclic) bond motifs is 1. The van der Waals surface area contributed by atoms with Crippen LogP contribution in [0.25, 0.3) is 10.3 Å². The lowest BCUT2D eigenvalue weighted by molar-refractivity contribution is 0.0594. The summed E-state index contributed by atoms with van der Waals surface area (Å²) in [7, 11) is 1.32. The monoisotopic (exact) mass is 223 g/mol. The van der Waals surface area contributed by atoms with Crippen molar-refractivity contribution in [3.05, 3.63) is 17.3 Å². The molecular formula is C9H9N3O2S. The molecule has 2 heterocycles. The Morgan fingerprint density at radius 1 is 1.53 bits per heavy atom. The number of nitrogens with two attached hydrogens (primary N) is 1. The van der Waals surface area contributed by atoms with Crippen LogP contribution in [0.15, 0.2) is 6.07 Å². The van der Waals surface area contributed by atoms with E-state index in [9.17, 15) is 4.79 Å². The second-order valence-corrected chi connectivity index (χ2v) is 4.03. The van der Waals surface area contributed by atoms with E-state index in [1.165, 1.54) is 18.4 Å². The Morgan fingerprint density at radius 2 is 2.27 bits per heavy atom. The maximum atomic E-state index is 11.3. The highest BCUT2D eigenvalue weighted by molar-refractivity contribution is 7.21. The molecule has 0 saturated carbocycles. The highest BCUT2D eigenvalue weighted by atomic mass is 32.1. The van der Waals surface area contributed by atoms with Gasteiger partial charge in [-0.05, 0) is 18.6 Å². The van der Waals surface area contributed by atoms with Gasteiger partial charge in [-0.3, -0.25) is 0 Å². The van der Waals surface area contributed by atoms with Crippen molar-refractivity contribution >= 4 is 32.8 Å². The lowest BCUT2D eigenvalue weighted by Gasteiger charge is -1.99. The first-order valence-electron chi connectivity index (χ1n) is 4.24. The van der Waals surface area contributed by atoms with Gasteiger partial charge in [-0.25, -0.2) is 14.8 Å². The van der Waals surface area contributed by atoms with Crippen LogP contribution in [-0.2, 0) is 4.74 Å². The van der Waals surface area contributed by atoms with E-state index in [0.29, 0.717) is 9.96 Å². The smallest absolute Gasteiger partial charge is 0.356 e. The number of anilines is 1. The lowest BCUT2D eigenvalue weighted by Crippen LogP contribution is -2.04. The first-order chi connectivity index (χ1) is 7.11. The minimum absolute atomic E-state index is 0.283. The highest BCUT2D eigenvalue weighted by Crippen LogP contribution is 2.25. The molecule has 78 valence electrons. The molecule has 5 nitrogen and oxygen atoms in total. The first-order valence-corrected chi connectivity index (χ1v) is 5.05. The molecule has 0 aliphatic rings. The van der Waals surface area contributed by atoms with E-state index < -0.39 is 5.97 Å². The Hall–Kier alpha value is -1.69. The molecule has 2 aromatic rings. The standard InChI is InChI=1S/C9H9N3O2S/c1-4-3-5(8(13)14-2)11-7-6(4)12-9(10)15-7/h3H,1-2H3,(H2,10,12). The van der Waals surface area contributed by atoms with Crippen LogP contribution in [0.1, 0.15) is 16.1 Å². The van der Waals surface area contributed by atoms with Gasteiger partial charge in [0.1, 0.15) is 16.0 Å². The molecule has 0 aromatic carbocycles. The summed E-state index contributed by atoms with van der Waals surface area (Å²) in [6.45, 7) is 1.86. The van der Waals surface area contributed by atoms with Gasteiger partial charge < -0.3 is 10.5 Å². The summed E-state index contributed by atoms with van der Waals surface area (Å²) in [5.41, 5.74) is 7.46. The summed E-state index contributed by atoms with van der Waals surface area (Å²) in [4.78, 5) is 20.2. The molecule has 0 fully saturated rings. The summed E-state index contributed by atoms with van der Waals surface area (Å²) in [6, 6.07) is 1.65. The van der Waals surface area contributed by atoms with Crippen LogP contribution in [0, 0.1) is 6.92 Å². The molecule has 0 aliphatic heterocycles. The number of thiazole rings is 1. The average Bonchev–Trinajstić information content (AvgIpc) is 2.58. The number of aromatic nitrogens is 2. The molecule has 0 amide bonds. The number of aryl methyl sites for hydroxylation is 1. The van der Waals surface area contributed by atoms with Gasteiger partial charge >= 0.3 is 5.97 Å². The second-order valence-electron chi connectivity index (χ2n) is 3.02. The molecule has 0 unspecified atom stereocenters. The molecule has 0 radical (unpaired) electrons. The van der Waals surface area contributed by atoms with Crippen molar-refractivity contribution in [3.63, 3.8) is 0 Å². The van der Waals surface area contributed by atoms with E-state index in [1.807, 2.05) is 6.92 Å². The molecule has 0 bridgehead atoms. The predicted molar refractivity (Wildman–Crippen MR) is 57.9 cm³/mol. The van der Waals surface area contributed by atoms with E-state index in [1.54, 1.807) is 6.07 Å². The number of ether oxygens (including phenoxy) is 1.